The van der Waals surface area contributed by atoms with Crippen molar-refractivity contribution in [3.05, 3.63) is 29.7 Å². The van der Waals surface area contributed by atoms with Crippen LogP contribution in [0.5, 0.6) is 0 Å². The monoisotopic (exact) mass is 218 g/mol. The van der Waals surface area contributed by atoms with Gasteiger partial charge in [0.1, 0.15) is 6.20 Å². The molecule has 0 fully saturated rings. The molecule has 0 aromatic carbocycles. The van der Waals surface area contributed by atoms with E-state index in [9.17, 15) is 0 Å². The molecule has 0 saturated heterocycles. The Balaban J connectivity index is 2.65. The summed E-state index contributed by atoms with van der Waals surface area (Å²) in [5, 5.41) is 3.22. The Kier molecular flexibility index (Phi) is 2.49. The highest BCUT2D eigenvalue weighted by molar-refractivity contribution is 5.44. The van der Waals surface area contributed by atoms with Crippen LogP contribution in [0.4, 0.5) is 0 Å². The van der Waals surface area contributed by atoms with Crippen LogP contribution in [-0.4, -0.2) is 10.1 Å². The van der Waals surface area contributed by atoms with Gasteiger partial charge in [-0.15, -0.1) is 4.52 Å². The van der Waals surface area contributed by atoms with Crippen molar-refractivity contribution in [2.24, 2.45) is 0 Å². The molecule has 0 unspecified atom stereocenters. The predicted molar refractivity (Wildman–Crippen MR) is 64.5 cm³/mol. The molecule has 0 radical (unpaired) electrons. The lowest BCUT2D eigenvalue weighted by molar-refractivity contribution is -0.579. The first-order chi connectivity index (χ1) is 7.39. The lowest BCUT2D eigenvalue weighted by atomic mass is 9.89. The molecular weight excluding hydrogens is 198 g/mol. The Hall–Kier alpha value is -1.38. The van der Waals surface area contributed by atoms with Gasteiger partial charge in [0.2, 0.25) is 0 Å². The molecule has 2 aromatic rings. The first kappa shape index (κ1) is 11.1. The second kappa shape index (κ2) is 3.58. The Morgan fingerprint density at radius 3 is 2.56 bits per heavy atom. The summed E-state index contributed by atoms with van der Waals surface area (Å²) in [6, 6.07) is 2.07. The number of rotatable bonds is 1. The standard InChI is InChI=1S/C13H19N3/c1-9(2)11-6-7-16-12(15-11)10(8-14-16)13(3,4)5/h6-9H,1-5H3/p+1. The molecular formula is C13H20N3+. The van der Waals surface area contributed by atoms with Gasteiger partial charge in [-0.1, -0.05) is 34.6 Å². The van der Waals surface area contributed by atoms with Gasteiger partial charge < -0.3 is 0 Å². The SMILES string of the molecule is CC(C)c1cc[n+]2[nH]cc(C(C)(C)C)c2n1. The van der Waals surface area contributed by atoms with Crippen molar-refractivity contribution in [2.75, 3.05) is 0 Å². The molecule has 0 aliphatic rings. The van der Waals surface area contributed by atoms with Crippen LogP contribution in [0.15, 0.2) is 18.5 Å². The first-order valence-corrected chi connectivity index (χ1v) is 5.80. The summed E-state index contributed by atoms with van der Waals surface area (Å²) < 4.78 is 1.98. The molecule has 0 saturated carbocycles. The van der Waals surface area contributed by atoms with E-state index in [1.165, 1.54) is 5.56 Å². The van der Waals surface area contributed by atoms with Crippen LogP contribution in [0.3, 0.4) is 0 Å². The number of nitrogens with one attached hydrogen (secondary N) is 1. The van der Waals surface area contributed by atoms with Crippen molar-refractivity contribution in [1.29, 1.82) is 0 Å². The van der Waals surface area contributed by atoms with E-state index >= 15 is 0 Å². The molecule has 2 heterocycles. The van der Waals surface area contributed by atoms with Gasteiger partial charge in [0, 0.05) is 12.0 Å². The van der Waals surface area contributed by atoms with Crippen LogP contribution >= 0.6 is 0 Å². The maximum absolute atomic E-state index is 4.73. The lowest BCUT2D eigenvalue weighted by Gasteiger charge is -2.13. The van der Waals surface area contributed by atoms with E-state index < -0.39 is 0 Å². The third-order valence-electron chi connectivity index (χ3n) is 2.85. The van der Waals surface area contributed by atoms with Gasteiger partial charge in [0.15, 0.2) is 5.69 Å². The number of hydrogen-bond acceptors (Lipinski definition) is 1. The second-order valence-corrected chi connectivity index (χ2v) is 5.64. The summed E-state index contributed by atoms with van der Waals surface area (Å²) in [4.78, 5) is 4.73. The fourth-order valence-electron chi connectivity index (χ4n) is 1.80. The van der Waals surface area contributed by atoms with Gasteiger partial charge in [-0.2, -0.15) is 0 Å². The molecule has 0 bridgehead atoms. The molecule has 2 aromatic heterocycles. The van der Waals surface area contributed by atoms with E-state index in [4.69, 9.17) is 4.98 Å². The Bertz CT molecular complexity index is 503. The van der Waals surface area contributed by atoms with Crippen molar-refractivity contribution >= 4 is 5.65 Å². The van der Waals surface area contributed by atoms with E-state index in [-0.39, 0.29) is 5.41 Å². The summed E-state index contributed by atoms with van der Waals surface area (Å²) in [6.07, 6.45) is 4.10. The van der Waals surface area contributed by atoms with Crippen LogP contribution in [-0.2, 0) is 5.41 Å². The number of H-pyrrole nitrogens is 1. The molecule has 16 heavy (non-hydrogen) atoms. The predicted octanol–water partition coefficient (Wildman–Crippen LogP) is 2.57. The van der Waals surface area contributed by atoms with Crippen molar-refractivity contribution in [1.82, 2.24) is 10.1 Å². The number of aromatic amines is 1. The third-order valence-corrected chi connectivity index (χ3v) is 2.85. The topological polar surface area (TPSA) is 32.8 Å². The third kappa shape index (κ3) is 1.82. The molecule has 1 N–H and O–H groups in total. The minimum absolute atomic E-state index is 0.119. The molecule has 3 heteroatoms. The molecule has 0 amide bonds. The van der Waals surface area contributed by atoms with Crippen molar-refractivity contribution in [3.63, 3.8) is 0 Å². The van der Waals surface area contributed by atoms with Gasteiger partial charge in [-0.3, -0.25) is 0 Å². The highest BCUT2D eigenvalue weighted by Crippen LogP contribution is 2.24. The smallest absolute Gasteiger partial charge is 0.231 e. The number of hydrogen-bond donors (Lipinski definition) is 1. The maximum Gasteiger partial charge on any atom is 0.351 e. The summed E-state index contributed by atoms with van der Waals surface area (Å²) in [5.74, 6) is 0.465. The Morgan fingerprint density at radius 1 is 1.31 bits per heavy atom. The number of nitrogens with zero attached hydrogens (tertiary/aromatic N) is 2. The van der Waals surface area contributed by atoms with Gasteiger partial charge >= 0.3 is 5.65 Å². The van der Waals surface area contributed by atoms with Crippen LogP contribution < -0.4 is 4.52 Å². The average Bonchev–Trinajstić information content (AvgIpc) is 2.58. The average molecular weight is 218 g/mol. The van der Waals surface area contributed by atoms with Gasteiger partial charge in [-0.05, 0) is 10.4 Å². The van der Waals surface area contributed by atoms with Crippen molar-refractivity contribution < 1.29 is 4.52 Å². The lowest BCUT2D eigenvalue weighted by Crippen LogP contribution is -2.25. The molecule has 0 spiro atoms. The number of fused-ring (bicyclic) bond motifs is 1. The quantitative estimate of drug-likeness (QED) is 0.733. The Labute approximate surface area is 96.5 Å². The molecule has 0 aliphatic carbocycles. The zero-order valence-electron chi connectivity index (χ0n) is 10.7. The first-order valence-electron chi connectivity index (χ1n) is 5.80. The van der Waals surface area contributed by atoms with Crippen LogP contribution in [0.2, 0.25) is 0 Å². The minimum atomic E-state index is 0.119. The van der Waals surface area contributed by atoms with E-state index in [0.29, 0.717) is 5.92 Å². The zero-order chi connectivity index (χ0) is 11.9. The van der Waals surface area contributed by atoms with Gasteiger partial charge in [-0.25, -0.2) is 5.10 Å². The van der Waals surface area contributed by atoms with Gasteiger partial charge in [0.05, 0.1) is 11.8 Å². The van der Waals surface area contributed by atoms with Crippen LogP contribution in [0.25, 0.3) is 5.65 Å². The van der Waals surface area contributed by atoms with Crippen molar-refractivity contribution in [3.8, 4) is 0 Å². The van der Waals surface area contributed by atoms with E-state index in [1.54, 1.807) is 0 Å². The molecule has 86 valence electrons. The maximum atomic E-state index is 4.73. The molecule has 2 rings (SSSR count). The summed E-state index contributed by atoms with van der Waals surface area (Å²) >= 11 is 0. The molecule has 3 nitrogen and oxygen atoms in total. The van der Waals surface area contributed by atoms with Gasteiger partial charge in [0.25, 0.3) is 0 Å². The highest BCUT2D eigenvalue weighted by atomic mass is 15.2. The van der Waals surface area contributed by atoms with E-state index in [2.05, 4.69) is 45.8 Å². The highest BCUT2D eigenvalue weighted by Gasteiger charge is 2.25. The molecule has 0 aliphatic heterocycles. The second-order valence-electron chi connectivity index (χ2n) is 5.64. The van der Waals surface area contributed by atoms with Crippen molar-refractivity contribution in [2.45, 2.75) is 46.0 Å². The largest absolute Gasteiger partial charge is 0.351 e. The summed E-state index contributed by atoms with van der Waals surface area (Å²) in [5.41, 5.74) is 3.56. The number of aromatic nitrogens is 3. The Morgan fingerprint density at radius 2 is 2.00 bits per heavy atom. The zero-order valence-corrected chi connectivity index (χ0v) is 10.7. The normalized spacial score (nSPS) is 12.6. The van der Waals surface area contributed by atoms with Crippen LogP contribution in [0, 0.1) is 0 Å². The summed E-state index contributed by atoms with van der Waals surface area (Å²) in [7, 11) is 0. The fraction of sp³-hybridized carbons (Fsp3) is 0.538. The van der Waals surface area contributed by atoms with Crippen LogP contribution in [0.1, 0.15) is 51.8 Å². The molecule has 0 atom stereocenters. The summed E-state index contributed by atoms with van der Waals surface area (Å²) in [6.45, 7) is 11.0. The van der Waals surface area contributed by atoms with E-state index in [0.717, 1.165) is 11.3 Å². The minimum Gasteiger partial charge on any atom is -0.231 e. The van der Waals surface area contributed by atoms with E-state index in [1.807, 2.05) is 16.9 Å². The fourth-order valence-corrected chi connectivity index (χ4v) is 1.80.